The van der Waals surface area contributed by atoms with Gasteiger partial charge in [0.25, 0.3) is 5.91 Å². The first kappa shape index (κ1) is 21.7. The van der Waals surface area contributed by atoms with Gasteiger partial charge in [0.15, 0.2) is 0 Å². The standard InChI is InChI=1S/C22H26N4O3S/c1-15-10-11-16(2)20(14-15)30(28,29)24-13-12-23-22(27)21-17(3)25-26(18(21)4)19-8-6-5-7-9-19/h5-11,14,24H,12-13H2,1-4H3,(H,23,27). The van der Waals surface area contributed by atoms with Crippen molar-refractivity contribution in [1.82, 2.24) is 19.8 Å². The lowest BCUT2D eigenvalue weighted by Gasteiger charge is -2.11. The molecule has 8 heteroatoms. The maximum absolute atomic E-state index is 12.7. The van der Waals surface area contributed by atoms with Gasteiger partial charge in [-0.15, -0.1) is 0 Å². The van der Waals surface area contributed by atoms with Crippen LogP contribution in [-0.4, -0.2) is 37.2 Å². The van der Waals surface area contributed by atoms with Crippen molar-refractivity contribution in [2.75, 3.05) is 13.1 Å². The molecule has 3 aromatic rings. The molecule has 0 aliphatic rings. The molecule has 2 N–H and O–H groups in total. The summed E-state index contributed by atoms with van der Waals surface area (Å²) in [6.07, 6.45) is 0. The van der Waals surface area contributed by atoms with Crippen molar-refractivity contribution >= 4 is 15.9 Å². The Bertz CT molecular complexity index is 1170. The highest BCUT2D eigenvalue weighted by atomic mass is 32.2. The maximum Gasteiger partial charge on any atom is 0.255 e. The number of hydrogen-bond acceptors (Lipinski definition) is 4. The average molecular weight is 427 g/mol. The Balaban J connectivity index is 1.64. The number of hydrogen-bond donors (Lipinski definition) is 2. The van der Waals surface area contributed by atoms with Crippen LogP contribution in [-0.2, 0) is 10.0 Å². The Morgan fingerprint density at radius 1 is 1.00 bits per heavy atom. The predicted octanol–water partition coefficient (Wildman–Crippen LogP) is 2.81. The molecule has 0 saturated heterocycles. The fraction of sp³-hybridized carbons (Fsp3) is 0.273. The lowest BCUT2D eigenvalue weighted by Crippen LogP contribution is -2.35. The molecule has 0 spiro atoms. The Kier molecular flexibility index (Phi) is 6.38. The number of carbonyl (C=O) groups excluding carboxylic acids is 1. The number of benzene rings is 2. The monoisotopic (exact) mass is 426 g/mol. The summed E-state index contributed by atoms with van der Waals surface area (Å²) in [6, 6.07) is 14.9. The van der Waals surface area contributed by atoms with Gasteiger partial charge in [0.05, 0.1) is 27.5 Å². The van der Waals surface area contributed by atoms with Crippen molar-refractivity contribution in [3.05, 3.63) is 76.6 Å². The van der Waals surface area contributed by atoms with E-state index in [0.29, 0.717) is 16.8 Å². The van der Waals surface area contributed by atoms with Crippen LogP contribution >= 0.6 is 0 Å². The molecule has 1 heterocycles. The lowest BCUT2D eigenvalue weighted by atomic mass is 10.2. The zero-order chi connectivity index (χ0) is 21.9. The molecule has 0 radical (unpaired) electrons. The number of sulfonamides is 1. The Morgan fingerprint density at radius 3 is 2.40 bits per heavy atom. The molecular weight excluding hydrogens is 400 g/mol. The molecule has 0 atom stereocenters. The minimum atomic E-state index is -3.64. The second-order valence-corrected chi connectivity index (χ2v) is 8.95. The number of carbonyl (C=O) groups is 1. The van der Waals surface area contributed by atoms with E-state index in [0.717, 1.165) is 16.9 Å². The van der Waals surface area contributed by atoms with Crippen LogP contribution in [0.3, 0.4) is 0 Å². The van der Waals surface area contributed by atoms with Crippen LogP contribution in [0.25, 0.3) is 5.69 Å². The molecule has 0 saturated carbocycles. The van der Waals surface area contributed by atoms with Crippen LogP contribution in [0.1, 0.15) is 32.9 Å². The molecule has 158 valence electrons. The van der Waals surface area contributed by atoms with Crippen LogP contribution in [0.5, 0.6) is 0 Å². The van der Waals surface area contributed by atoms with E-state index in [4.69, 9.17) is 0 Å². The first-order valence-corrected chi connectivity index (χ1v) is 11.2. The van der Waals surface area contributed by atoms with Crippen molar-refractivity contribution in [1.29, 1.82) is 0 Å². The van der Waals surface area contributed by atoms with Crippen molar-refractivity contribution in [3.63, 3.8) is 0 Å². The number of amides is 1. The van der Waals surface area contributed by atoms with Crippen molar-refractivity contribution < 1.29 is 13.2 Å². The number of para-hydroxylation sites is 1. The minimum Gasteiger partial charge on any atom is -0.351 e. The highest BCUT2D eigenvalue weighted by molar-refractivity contribution is 7.89. The SMILES string of the molecule is Cc1ccc(C)c(S(=O)(=O)NCCNC(=O)c2c(C)nn(-c3ccccc3)c2C)c1. The predicted molar refractivity (Wildman–Crippen MR) is 116 cm³/mol. The van der Waals surface area contributed by atoms with E-state index in [9.17, 15) is 13.2 Å². The van der Waals surface area contributed by atoms with E-state index < -0.39 is 10.0 Å². The molecule has 0 aliphatic heterocycles. The van der Waals surface area contributed by atoms with Gasteiger partial charge in [-0.3, -0.25) is 4.79 Å². The summed E-state index contributed by atoms with van der Waals surface area (Å²) in [5.41, 5.74) is 4.26. The van der Waals surface area contributed by atoms with E-state index in [2.05, 4.69) is 15.1 Å². The molecule has 3 rings (SSSR count). The van der Waals surface area contributed by atoms with Gasteiger partial charge >= 0.3 is 0 Å². The van der Waals surface area contributed by atoms with Gasteiger partial charge in [-0.2, -0.15) is 5.10 Å². The molecule has 0 unspecified atom stereocenters. The summed E-state index contributed by atoms with van der Waals surface area (Å²) in [4.78, 5) is 12.9. The van der Waals surface area contributed by atoms with Gasteiger partial charge in [-0.05, 0) is 57.0 Å². The summed E-state index contributed by atoms with van der Waals surface area (Å²) in [5, 5.41) is 7.25. The molecular formula is C22H26N4O3S. The number of aryl methyl sites for hydroxylation is 3. The number of rotatable bonds is 7. The summed E-state index contributed by atoms with van der Waals surface area (Å²) < 4.78 is 29.4. The third-order valence-electron chi connectivity index (χ3n) is 4.85. The van der Waals surface area contributed by atoms with Crippen molar-refractivity contribution in [2.45, 2.75) is 32.6 Å². The normalized spacial score (nSPS) is 11.5. The Labute approximate surface area is 177 Å². The Morgan fingerprint density at radius 2 is 1.70 bits per heavy atom. The summed E-state index contributed by atoms with van der Waals surface area (Å²) >= 11 is 0. The highest BCUT2D eigenvalue weighted by Crippen LogP contribution is 2.18. The Hall–Kier alpha value is -2.97. The number of nitrogens with zero attached hydrogens (tertiary/aromatic N) is 2. The highest BCUT2D eigenvalue weighted by Gasteiger charge is 2.20. The quantitative estimate of drug-likeness (QED) is 0.568. The number of aromatic nitrogens is 2. The fourth-order valence-corrected chi connectivity index (χ4v) is 4.68. The van der Waals surface area contributed by atoms with Crippen LogP contribution in [0.2, 0.25) is 0 Å². The third-order valence-corrected chi connectivity index (χ3v) is 6.46. The second kappa shape index (κ2) is 8.81. The van der Waals surface area contributed by atoms with E-state index in [1.807, 2.05) is 50.2 Å². The first-order chi connectivity index (χ1) is 14.2. The van der Waals surface area contributed by atoms with E-state index in [1.54, 1.807) is 30.7 Å². The van der Waals surface area contributed by atoms with Gasteiger partial charge in [-0.25, -0.2) is 17.8 Å². The van der Waals surface area contributed by atoms with E-state index in [1.165, 1.54) is 0 Å². The van der Waals surface area contributed by atoms with Crippen LogP contribution in [0, 0.1) is 27.7 Å². The largest absolute Gasteiger partial charge is 0.351 e. The molecule has 0 aliphatic carbocycles. The molecule has 0 fully saturated rings. The van der Waals surface area contributed by atoms with Crippen molar-refractivity contribution in [3.8, 4) is 5.69 Å². The topological polar surface area (TPSA) is 93.1 Å². The molecule has 1 aromatic heterocycles. The van der Waals surface area contributed by atoms with Gasteiger partial charge in [0.2, 0.25) is 10.0 Å². The zero-order valence-corrected chi connectivity index (χ0v) is 18.4. The molecule has 30 heavy (non-hydrogen) atoms. The van der Waals surface area contributed by atoms with E-state index in [-0.39, 0.29) is 23.9 Å². The maximum atomic E-state index is 12.7. The number of nitrogens with one attached hydrogen (secondary N) is 2. The third kappa shape index (κ3) is 4.60. The molecule has 1 amide bonds. The minimum absolute atomic E-state index is 0.0897. The first-order valence-electron chi connectivity index (χ1n) is 9.67. The molecule has 2 aromatic carbocycles. The lowest BCUT2D eigenvalue weighted by molar-refractivity contribution is 0.0953. The van der Waals surface area contributed by atoms with Crippen LogP contribution < -0.4 is 10.0 Å². The van der Waals surface area contributed by atoms with Gasteiger partial charge < -0.3 is 5.32 Å². The second-order valence-electron chi connectivity index (χ2n) is 7.22. The summed E-state index contributed by atoms with van der Waals surface area (Å²) in [7, 11) is -3.64. The van der Waals surface area contributed by atoms with Gasteiger partial charge in [0.1, 0.15) is 0 Å². The summed E-state index contributed by atoms with van der Waals surface area (Å²) in [5.74, 6) is -0.280. The zero-order valence-electron chi connectivity index (χ0n) is 17.6. The smallest absolute Gasteiger partial charge is 0.255 e. The van der Waals surface area contributed by atoms with Crippen LogP contribution in [0.15, 0.2) is 53.4 Å². The average Bonchev–Trinajstić information content (AvgIpc) is 3.01. The molecule has 0 bridgehead atoms. The molecule has 7 nitrogen and oxygen atoms in total. The van der Waals surface area contributed by atoms with Gasteiger partial charge in [-0.1, -0.05) is 30.3 Å². The fourth-order valence-electron chi connectivity index (χ4n) is 3.32. The van der Waals surface area contributed by atoms with Crippen LogP contribution in [0.4, 0.5) is 0 Å². The van der Waals surface area contributed by atoms with Gasteiger partial charge in [0, 0.05) is 13.1 Å². The van der Waals surface area contributed by atoms with E-state index >= 15 is 0 Å². The van der Waals surface area contributed by atoms with Crippen molar-refractivity contribution in [2.24, 2.45) is 0 Å². The summed E-state index contributed by atoms with van der Waals surface area (Å²) in [6.45, 7) is 7.48.